The first-order valence-corrected chi connectivity index (χ1v) is 5.35. The average Bonchev–Trinajstić information content (AvgIpc) is 2.74. The molecule has 0 aromatic rings. The average molecular weight is 204 g/mol. The van der Waals surface area contributed by atoms with E-state index in [1.807, 2.05) is 0 Å². The third-order valence-electron chi connectivity index (χ3n) is 2.62. The Kier molecular flexibility index (Phi) is 6.59. The third-order valence-corrected chi connectivity index (χ3v) is 2.62. The molecule has 1 heteroatoms. The van der Waals surface area contributed by atoms with Gasteiger partial charge in [0.15, 0.2) is 0 Å². The fourth-order valence-electron chi connectivity index (χ4n) is 1.66. The quantitative estimate of drug-likeness (QED) is 0.553. The van der Waals surface area contributed by atoms with Crippen LogP contribution in [0.4, 0.5) is 0 Å². The van der Waals surface area contributed by atoms with Gasteiger partial charge >= 0.3 is 0 Å². The van der Waals surface area contributed by atoms with Crippen LogP contribution < -0.4 is 0 Å². The maximum atomic E-state index is 9.53. The molecule has 0 aromatic carbocycles. The monoisotopic (exact) mass is 204 g/mol. The van der Waals surface area contributed by atoms with Crippen molar-refractivity contribution in [2.75, 3.05) is 0 Å². The minimum atomic E-state index is -0.921. The van der Waals surface area contributed by atoms with Gasteiger partial charge < -0.3 is 5.11 Å². The summed E-state index contributed by atoms with van der Waals surface area (Å²) in [6.45, 7) is 1.69. The van der Waals surface area contributed by atoms with Crippen LogP contribution in [-0.2, 0) is 0 Å². The predicted octanol–water partition coefficient (Wildman–Crippen LogP) is 2.90. The highest BCUT2D eigenvalue weighted by Gasteiger charge is 2.15. The molecule has 1 unspecified atom stereocenters. The molecule has 1 fully saturated rings. The first-order chi connectivity index (χ1) is 7.14. The van der Waals surface area contributed by atoms with Crippen molar-refractivity contribution in [1.82, 2.24) is 0 Å². The molecule has 1 aliphatic rings. The molecule has 0 heterocycles. The normalized spacial score (nSPS) is 18.2. The van der Waals surface area contributed by atoms with Gasteiger partial charge in [-0.05, 0) is 45.4 Å². The zero-order chi connectivity index (χ0) is 11.7. The van der Waals surface area contributed by atoms with Crippen LogP contribution in [0.25, 0.3) is 0 Å². The van der Waals surface area contributed by atoms with Crippen LogP contribution in [0.5, 0.6) is 0 Å². The van der Waals surface area contributed by atoms with Crippen LogP contribution >= 0.6 is 0 Å². The van der Waals surface area contributed by atoms with E-state index in [9.17, 15) is 5.11 Å². The summed E-state index contributed by atoms with van der Waals surface area (Å²) in [6, 6.07) is 0. The van der Waals surface area contributed by atoms with Gasteiger partial charge in [0.05, 0.1) is 0 Å². The number of terminal acetylenes is 2. The van der Waals surface area contributed by atoms with E-state index in [4.69, 9.17) is 6.42 Å². The van der Waals surface area contributed by atoms with E-state index >= 15 is 0 Å². The number of rotatable bonds is 3. The molecule has 1 rings (SSSR count). The van der Waals surface area contributed by atoms with Gasteiger partial charge in [-0.3, -0.25) is 0 Å². The smallest absolute Gasteiger partial charge is 0.122 e. The molecule has 82 valence electrons. The number of hydrogen-bond donors (Lipinski definition) is 1. The fourth-order valence-corrected chi connectivity index (χ4v) is 1.66. The van der Waals surface area contributed by atoms with Gasteiger partial charge in [0.1, 0.15) is 5.60 Å². The number of allylic oxidation sites excluding steroid dienone is 2. The maximum absolute atomic E-state index is 9.53. The molecule has 1 atom stereocenters. The van der Waals surface area contributed by atoms with Crippen molar-refractivity contribution >= 4 is 0 Å². The lowest BCUT2D eigenvalue weighted by Gasteiger charge is -2.14. The Morgan fingerprint density at radius 1 is 1.40 bits per heavy atom. The maximum Gasteiger partial charge on any atom is 0.122 e. The lowest BCUT2D eigenvalue weighted by molar-refractivity contribution is 0.113. The lowest BCUT2D eigenvalue weighted by Crippen LogP contribution is -2.20. The highest BCUT2D eigenvalue weighted by atomic mass is 16.3. The van der Waals surface area contributed by atoms with Crippen LogP contribution in [0.3, 0.4) is 0 Å². The molecule has 0 saturated heterocycles. The molecule has 0 aliphatic heterocycles. The first kappa shape index (κ1) is 13.8. The summed E-state index contributed by atoms with van der Waals surface area (Å²) >= 11 is 0. The Hall–Kier alpha value is -1.18. The van der Waals surface area contributed by atoms with Gasteiger partial charge in [-0.25, -0.2) is 0 Å². The molecule has 0 spiro atoms. The van der Waals surface area contributed by atoms with E-state index in [0.29, 0.717) is 6.42 Å². The predicted molar refractivity (Wildman–Crippen MR) is 65.1 cm³/mol. The molecule has 15 heavy (non-hydrogen) atoms. The van der Waals surface area contributed by atoms with Crippen molar-refractivity contribution in [3.63, 3.8) is 0 Å². The fraction of sp³-hybridized carbons (Fsp3) is 0.571. The summed E-state index contributed by atoms with van der Waals surface area (Å²) in [5.41, 5.74) is 0.628. The van der Waals surface area contributed by atoms with Gasteiger partial charge in [-0.2, -0.15) is 0 Å². The zero-order valence-corrected chi connectivity index (χ0v) is 9.50. The van der Waals surface area contributed by atoms with Crippen LogP contribution in [0, 0.1) is 25.2 Å². The van der Waals surface area contributed by atoms with E-state index in [1.165, 1.54) is 25.7 Å². The topological polar surface area (TPSA) is 20.2 Å². The molecule has 0 amide bonds. The number of hydrogen-bond acceptors (Lipinski definition) is 1. The second-order valence-electron chi connectivity index (χ2n) is 4.03. The Balaban J connectivity index is 0.000000921. The Bertz CT molecular complexity index is 255. The molecule has 1 N–H and O–H groups in total. The van der Waals surface area contributed by atoms with Gasteiger partial charge in [-0.1, -0.05) is 17.6 Å². The minimum absolute atomic E-state index is 0.674. The highest BCUT2D eigenvalue weighted by molar-refractivity contribution is 5.09. The van der Waals surface area contributed by atoms with Crippen LogP contribution in [-0.4, -0.2) is 10.7 Å². The number of aliphatic hydroxyl groups is 1. The van der Waals surface area contributed by atoms with Gasteiger partial charge in [0, 0.05) is 0 Å². The zero-order valence-electron chi connectivity index (χ0n) is 9.50. The summed E-state index contributed by atoms with van der Waals surface area (Å²) < 4.78 is 0. The van der Waals surface area contributed by atoms with E-state index in [1.54, 1.807) is 12.5 Å². The summed E-state index contributed by atoms with van der Waals surface area (Å²) in [5, 5.41) is 9.53. The van der Waals surface area contributed by atoms with E-state index in [2.05, 4.69) is 24.8 Å². The van der Waals surface area contributed by atoms with Gasteiger partial charge in [-0.15, -0.1) is 19.3 Å². The summed E-state index contributed by atoms with van der Waals surface area (Å²) in [7, 11) is 0. The van der Waals surface area contributed by atoms with Crippen LogP contribution in [0.2, 0.25) is 0 Å². The van der Waals surface area contributed by atoms with E-state index < -0.39 is 5.60 Å². The van der Waals surface area contributed by atoms with E-state index in [-0.39, 0.29) is 0 Å². The molecule has 0 aromatic heterocycles. The van der Waals surface area contributed by atoms with Crippen molar-refractivity contribution in [3.8, 4) is 25.2 Å². The molecular formula is C14H20O. The van der Waals surface area contributed by atoms with E-state index in [0.717, 1.165) is 6.42 Å². The summed E-state index contributed by atoms with van der Waals surface area (Å²) in [4.78, 5) is 0. The minimum Gasteiger partial charge on any atom is -0.378 e. The molecule has 0 radical (unpaired) electrons. The molecule has 1 nitrogen and oxygen atoms in total. The standard InChI is InChI=1S/C12H18O.C2H2/c1-3-12(2,13)10-6-9-11-7-4-5-8-11;1-2/h1,9,13H,4-8,10H2,2H3;1-2H. The Morgan fingerprint density at radius 2 is 1.93 bits per heavy atom. The molecule has 0 bridgehead atoms. The summed E-state index contributed by atoms with van der Waals surface area (Å²) in [6.07, 6.45) is 22.2. The highest BCUT2D eigenvalue weighted by Crippen LogP contribution is 2.25. The second kappa shape index (κ2) is 7.16. The van der Waals surface area contributed by atoms with Crippen LogP contribution in [0.15, 0.2) is 11.6 Å². The molecular weight excluding hydrogens is 184 g/mol. The molecule has 1 aliphatic carbocycles. The van der Waals surface area contributed by atoms with Crippen molar-refractivity contribution in [2.45, 2.75) is 51.0 Å². The third kappa shape index (κ3) is 6.00. The SMILES string of the molecule is C#C.C#CC(C)(O)CCC=C1CCCC1. The van der Waals surface area contributed by atoms with Crippen molar-refractivity contribution < 1.29 is 5.11 Å². The van der Waals surface area contributed by atoms with Crippen LogP contribution in [0.1, 0.15) is 45.4 Å². The largest absolute Gasteiger partial charge is 0.378 e. The Labute approximate surface area is 93.6 Å². The lowest BCUT2D eigenvalue weighted by atomic mass is 10.0. The summed E-state index contributed by atoms with van der Waals surface area (Å²) in [5.74, 6) is 2.39. The second-order valence-corrected chi connectivity index (χ2v) is 4.03. The molecule has 1 saturated carbocycles. The van der Waals surface area contributed by atoms with Crippen molar-refractivity contribution in [1.29, 1.82) is 0 Å². The van der Waals surface area contributed by atoms with Crippen molar-refractivity contribution in [2.24, 2.45) is 0 Å². The first-order valence-electron chi connectivity index (χ1n) is 5.35. The van der Waals surface area contributed by atoms with Crippen molar-refractivity contribution in [3.05, 3.63) is 11.6 Å². The van der Waals surface area contributed by atoms with Gasteiger partial charge in [0.25, 0.3) is 0 Å². The Morgan fingerprint density at radius 3 is 2.40 bits per heavy atom. The van der Waals surface area contributed by atoms with Gasteiger partial charge in [0.2, 0.25) is 0 Å².